The molecule has 0 saturated carbocycles. The average molecular weight is 404 g/mol. The highest BCUT2D eigenvalue weighted by atomic mass is 16.4. The first-order valence-electron chi connectivity index (χ1n) is 9.20. The molecule has 0 radical (unpaired) electrons. The second-order valence-electron chi connectivity index (χ2n) is 6.63. The lowest BCUT2D eigenvalue weighted by Gasteiger charge is -2.19. The Morgan fingerprint density at radius 3 is 2.03 bits per heavy atom. The predicted molar refractivity (Wildman–Crippen MR) is 112 cm³/mol. The summed E-state index contributed by atoms with van der Waals surface area (Å²) < 4.78 is 0. The molecular formula is C23H20N2O5. The lowest BCUT2D eigenvalue weighted by atomic mass is 10.0. The smallest absolute Gasteiger partial charge is 0.335 e. The third-order valence-electron chi connectivity index (χ3n) is 4.43. The van der Waals surface area contributed by atoms with Gasteiger partial charge in [-0.1, -0.05) is 30.3 Å². The van der Waals surface area contributed by atoms with Crippen molar-refractivity contribution in [3.63, 3.8) is 0 Å². The number of hydrogen-bond donors (Lipinski definition) is 4. The molecule has 0 spiro atoms. The van der Waals surface area contributed by atoms with Crippen molar-refractivity contribution in [1.82, 2.24) is 5.32 Å². The second kappa shape index (κ2) is 9.38. The number of amides is 2. The van der Waals surface area contributed by atoms with E-state index in [0.29, 0.717) is 11.3 Å². The number of benzene rings is 3. The molecule has 4 N–H and O–H groups in total. The highest BCUT2D eigenvalue weighted by Crippen LogP contribution is 2.14. The van der Waals surface area contributed by atoms with Gasteiger partial charge in [0.25, 0.3) is 5.91 Å². The van der Waals surface area contributed by atoms with Crippen LogP contribution in [0.4, 0.5) is 5.69 Å². The van der Waals surface area contributed by atoms with E-state index in [-0.39, 0.29) is 17.7 Å². The summed E-state index contributed by atoms with van der Waals surface area (Å²) in [6.45, 7) is 0. The van der Waals surface area contributed by atoms with Crippen molar-refractivity contribution in [2.45, 2.75) is 12.5 Å². The number of carboxylic acid groups (broad SMARTS) is 1. The first-order chi connectivity index (χ1) is 14.4. The summed E-state index contributed by atoms with van der Waals surface area (Å²) in [4.78, 5) is 36.4. The summed E-state index contributed by atoms with van der Waals surface area (Å²) >= 11 is 0. The molecule has 0 heterocycles. The van der Waals surface area contributed by atoms with Crippen molar-refractivity contribution in [3.05, 3.63) is 95.6 Å². The summed E-state index contributed by atoms with van der Waals surface area (Å²) in [7, 11) is 0. The Bertz CT molecular complexity index is 1030. The molecule has 3 aromatic carbocycles. The summed E-state index contributed by atoms with van der Waals surface area (Å²) in [5, 5.41) is 23.9. The van der Waals surface area contributed by atoms with Crippen LogP contribution in [0.25, 0.3) is 0 Å². The monoisotopic (exact) mass is 404 g/mol. The fraction of sp³-hybridized carbons (Fsp3) is 0.0870. The van der Waals surface area contributed by atoms with Gasteiger partial charge in [0.1, 0.15) is 11.8 Å². The number of phenolic OH excluding ortho intramolecular Hbond substituents is 1. The highest BCUT2D eigenvalue weighted by molar-refractivity contribution is 6.01. The topological polar surface area (TPSA) is 116 Å². The summed E-state index contributed by atoms with van der Waals surface area (Å²) in [5.74, 6) is -1.80. The maximum absolute atomic E-state index is 12.9. The van der Waals surface area contributed by atoms with Gasteiger partial charge in [-0.05, 0) is 54.1 Å². The zero-order chi connectivity index (χ0) is 21.5. The molecule has 3 rings (SSSR count). The quantitative estimate of drug-likeness (QED) is 0.483. The summed E-state index contributed by atoms with van der Waals surface area (Å²) in [6.07, 6.45) is 0.206. The lowest BCUT2D eigenvalue weighted by Crippen LogP contribution is -2.45. The van der Waals surface area contributed by atoms with E-state index in [1.165, 1.54) is 36.4 Å². The first-order valence-corrected chi connectivity index (χ1v) is 9.20. The minimum atomic E-state index is -1.06. The van der Waals surface area contributed by atoms with Gasteiger partial charge in [-0.2, -0.15) is 0 Å². The van der Waals surface area contributed by atoms with Gasteiger partial charge in [-0.3, -0.25) is 9.59 Å². The Morgan fingerprint density at radius 2 is 1.43 bits per heavy atom. The maximum atomic E-state index is 12.9. The first kappa shape index (κ1) is 20.6. The van der Waals surface area contributed by atoms with E-state index in [1.54, 1.807) is 42.5 Å². The van der Waals surface area contributed by atoms with Gasteiger partial charge in [0, 0.05) is 17.7 Å². The molecule has 3 aromatic rings. The van der Waals surface area contributed by atoms with Crippen LogP contribution < -0.4 is 10.6 Å². The van der Waals surface area contributed by atoms with Gasteiger partial charge < -0.3 is 20.8 Å². The maximum Gasteiger partial charge on any atom is 0.335 e. The number of rotatable bonds is 7. The van der Waals surface area contributed by atoms with Crippen LogP contribution in [0, 0.1) is 0 Å². The molecule has 2 amide bonds. The van der Waals surface area contributed by atoms with Crippen LogP contribution in [0.15, 0.2) is 78.9 Å². The Hall–Kier alpha value is -4.13. The molecule has 7 nitrogen and oxygen atoms in total. The number of phenols is 1. The number of carbonyl (C=O) groups excluding carboxylic acids is 2. The second-order valence-corrected chi connectivity index (χ2v) is 6.63. The molecule has 0 fully saturated rings. The molecule has 0 aromatic heterocycles. The lowest BCUT2D eigenvalue weighted by molar-refractivity contribution is -0.118. The van der Waals surface area contributed by atoms with E-state index < -0.39 is 23.8 Å². The van der Waals surface area contributed by atoms with E-state index in [0.717, 1.165) is 5.56 Å². The van der Waals surface area contributed by atoms with Crippen molar-refractivity contribution in [2.24, 2.45) is 0 Å². The van der Waals surface area contributed by atoms with Crippen LogP contribution in [0.1, 0.15) is 26.3 Å². The van der Waals surface area contributed by atoms with Gasteiger partial charge in [-0.15, -0.1) is 0 Å². The van der Waals surface area contributed by atoms with E-state index in [9.17, 15) is 19.5 Å². The number of carboxylic acids is 1. The van der Waals surface area contributed by atoms with Crippen molar-refractivity contribution in [1.29, 1.82) is 0 Å². The van der Waals surface area contributed by atoms with Gasteiger partial charge in [0.05, 0.1) is 5.56 Å². The number of aromatic carboxylic acids is 1. The third kappa shape index (κ3) is 5.45. The van der Waals surface area contributed by atoms with Gasteiger partial charge in [0.2, 0.25) is 5.91 Å². The van der Waals surface area contributed by atoms with Crippen LogP contribution in [0.3, 0.4) is 0 Å². The molecule has 1 atom stereocenters. The Kier molecular flexibility index (Phi) is 6.44. The Morgan fingerprint density at radius 1 is 0.800 bits per heavy atom. The minimum Gasteiger partial charge on any atom is -0.508 e. The summed E-state index contributed by atoms with van der Waals surface area (Å²) in [5.41, 5.74) is 1.69. The van der Waals surface area contributed by atoms with Crippen LogP contribution in [-0.2, 0) is 11.2 Å². The van der Waals surface area contributed by atoms with E-state index in [2.05, 4.69) is 10.6 Å². The van der Waals surface area contributed by atoms with Crippen molar-refractivity contribution >= 4 is 23.5 Å². The van der Waals surface area contributed by atoms with Gasteiger partial charge >= 0.3 is 5.97 Å². The predicted octanol–water partition coefficient (Wildman–Crippen LogP) is 3.07. The molecule has 152 valence electrons. The van der Waals surface area contributed by atoms with Gasteiger partial charge in [0.15, 0.2) is 0 Å². The number of anilines is 1. The van der Waals surface area contributed by atoms with Crippen LogP contribution >= 0.6 is 0 Å². The fourth-order valence-electron chi connectivity index (χ4n) is 2.83. The highest BCUT2D eigenvalue weighted by Gasteiger charge is 2.22. The Balaban J connectivity index is 1.78. The van der Waals surface area contributed by atoms with Crippen LogP contribution in [0.5, 0.6) is 5.75 Å². The number of carbonyl (C=O) groups is 3. The van der Waals surface area contributed by atoms with Gasteiger partial charge in [-0.25, -0.2) is 4.79 Å². The van der Waals surface area contributed by atoms with Crippen LogP contribution in [-0.4, -0.2) is 34.0 Å². The van der Waals surface area contributed by atoms with Crippen molar-refractivity contribution < 1.29 is 24.6 Å². The molecule has 0 aliphatic carbocycles. The molecule has 0 aliphatic heterocycles. The van der Waals surface area contributed by atoms with Crippen molar-refractivity contribution in [2.75, 3.05) is 5.32 Å². The molecule has 0 unspecified atom stereocenters. The molecule has 0 aliphatic rings. The molecule has 30 heavy (non-hydrogen) atoms. The van der Waals surface area contributed by atoms with E-state index >= 15 is 0 Å². The normalized spacial score (nSPS) is 11.3. The molecular weight excluding hydrogens is 384 g/mol. The third-order valence-corrected chi connectivity index (χ3v) is 4.43. The van der Waals surface area contributed by atoms with E-state index in [1.807, 2.05) is 0 Å². The minimum absolute atomic E-state index is 0.103. The van der Waals surface area contributed by atoms with Crippen LogP contribution in [0.2, 0.25) is 0 Å². The molecule has 0 saturated heterocycles. The molecule has 7 heteroatoms. The zero-order valence-corrected chi connectivity index (χ0v) is 15.9. The fourth-order valence-corrected chi connectivity index (χ4v) is 2.83. The summed E-state index contributed by atoms with van der Waals surface area (Å²) in [6, 6.07) is 19.8. The van der Waals surface area contributed by atoms with E-state index in [4.69, 9.17) is 5.11 Å². The number of hydrogen-bond acceptors (Lipinski definition) is 4. The van der Waals surface area contributed by atoms with Crippen molar-refractivity contribution in [3.8, 4) is 5.75 Å². The molecule has 0 bridgehead atoms. The Labute approximate surface area is 173 Å². The standard InChI is InChI=1S/C23H20N2O5/c26-19-12-6-15(7-13-19)14-20(25-21(27)16-4-2-1-3-5-16)22(28)24-18-10-8-17(9-11-18)23(29)30/h1-13,20,26H,14H2,(H,24,28)(H,25,27)(H,29,30)/t20-/m1/s1. The average Bonchev–Trinajstić information content (AvgIpc) is 2.75. The number of aromatic hydroxyl groups is 1. The zero-order valence-electron chi connectivity index (χ0n) is 15.9. The number of nitrogens with one attached hydrogen (secondary N) is 2. The SMILES string of the molecule is O=C(O)c1ccc(NC(=O)[C@@H](Cc2ccc(O)cc2)NC(=O)c2ccccc2)cc1. The largest absolute Gasteiger partial charge is 0.508 e.